The fourth-order valence-electron chi connectivity index (χ4n) is 5.62. The minimum Gasteiger partial charge on any atom is -0.397 e. The van der Waals surface area contributed by atoms with E-state index in [1.165, 1.54) is 47.9 Å². The molecule has 1 N–H and O–H groups in total. The summed E-state index contributed by atoms with van der Waals surface area (Å²) in [6.45, 7) is 0.165. The van der Waals surface area contributed by atoms with Crippen molar-refractivity contribution in [2.45, 2.75) is 6.04 Å². The highest BCUT2D eigenvalue weighted by atomic mass is 28.3. The minimum atomic E-state index is -2.47. The molecule has 0 saturated heterocycles. The third kappa shape index (κ3) is 2.74. The van der Waals surface area contributed by atoms with E-state index in [4.69, 9.17) is 0 Å². The molecule has 32 heavy (non-hydrogen) atoms. The lowest BCUT2D eigenvalue weighted by Gasteiger charge is -2.34. The number of hydrogen-bond donors (Lipinski definition) is 1. The van der Waals surface area contributed by atoms with Crippen LogP contribution in [0.2, 0.25) is 6.04 Å². The highest BCUT2D eigenvalue weighted by molar-refractivity contribution is 7.12. The van der Waals surface area contributed by atoms with Crippen molar-refractivity contribution in [2.24, 2.45) is 0 Å². The van der Waals surface area contributed by atoms with Crippen LogP contribution in [0.5, 0.6) is 0 Å². The maximum absolute atomic E-state index is 10.4. The SMILES string of the molecule is OCC[Si](c1ccccc1)(c1ccccc1)c1ccc2ccc3cccc4ccc1c2c34. The van der Waals surface area contributed by atoms with E-state index in [1.54, 1.807) is 0 Å². The van der Waals surface area contributed by atoms with Crippen molar-refractivity contribution in [3.8, 4) is 0 Å². The number of benzene rings is 6. The van der Waals surface area contributed by atoms with Gasteiger partial charge in [0.05, 0.1) is 0 Å². The summed E-state index contributed by atoms with van der Waals surface area (Å²) < 4.78 is 0. The molecule has 1 nitrogen and oxygen atoms in total. The van der Waals surface area contributed by atoms with Gasteiger partial charge in [0, 0.05) is 6.61 Å². The van der Waals surface area contributed by atoms with Gasteiger partial charge >= 0.3 is 0 Å². The van der Waals surface area contributed by atoms with Crippen LogP contribution in [0, 0.1) is 0 Å². The van der Waals surface area contributed by atoms with Crippen LogP contribution in [0.4, 0.5) is 0 Å². The molecule has 6 rings (SSSR count). The Balaban J connectivity index is 1.79. The summed E-state index contributed by atoms with van der Waals surface area (Å²) in [5.74, 6) is 0. The Morgan fingerprint density at radius 3 is 1.62 bits per heavy atom. The lowest BCUT2D eigenvalue weighted by molar-refractivity contribution is 0.317. The normalized spacial score (nSPS) is 12.2. The van der Waals surface area contributed by atoms with E-state index in [1.807, 2.05) is 0 Å². The first-order valence-electron chi connectivity index (χ1n) is 11.2. The summed E-state index contributed by atoms with van der Waals surface area (Å²) in [7, 11) is -2.47. The van der Waals surface area contributed by atoms with Crippen LogP contribution < -0.4 is 15.6 Å². The summed E-state index contributed by atoms with van der Waals surface area (Å²) in [6, 6.07) is 42.7. The molecule has 0 aliphatic heterocycles. The fraction of sp³-hybridized carbons (Fsp3) is 0.0667. The van der Waals surface area contributed by atoms with E-state index in [0.29, 0.717) is 0 Å². The summed E-state index contributed by atoms with van der Waals surface area (Å²) in [4.78, 5) is 0. The van der Waals surface area contributed by atoms with Gasteiger partial charge in [0.15, 0.2) is 8.07 Å². The maximum atomic E-state index is 10.4. The predicted octanol–water partition coefficient (Wildman–Crippen LogP) is 5.05. The summed E-state index contributed by atoms with van der Waals surface area (Å²) >= 11 is 0. The molecule has 154 valence electrons. The summed E-state index contributed by atoms with van der Waals surface area (Å²) in [5, 5.41) is 22.3. The number of hydrogen-bond acceptors (Lipinski definition) is 1. The summed E-state index contributed by atoms with van der Waals surface area (Å²) in [5.41, 5.74) is 0. The molecule has 0 heterocycles. The van der Waals surface area contributed by atoms with E-state index < -0.39 is 8.07 Å². The highest BCUT2D eigenvalue weighted by Crippen LogP contribution is 2.34. The minimum absolute atomic E-state index is 0.165. The quantitative estimate of drug-likeness (QED) is 0.232. The van der Waals surface area contributed by atoms with Crippen molar-refractivity contribution < 1.29 is 5.11 Å². The van der Waals surface area contributed by atoms with Crippen LogP contribution in [0.15, 0.2) is 115 Å². The van der Waals surface area contributed by atoms with Crippen LogP contribution in [-0.2, 0) is 0 Å². The molecular formula is C30H24OSi. The van der Waals surface area contributed by atoms with Crippen molar-refractivity contribution in [3.05, 3.63) is 115 Å². The fourth-order valence-corrected chi connectivity index (χ4v) is 10.3. The molecule has 0 saturated carbocycles. The Morgan fingerprint density at radius 2 is 1.03 bits per heavy atom. The van der Waals surface area contributed by atoms with Crippen LogP contribution in [0.25, 0.3) is 32.3 Å². The first-order valence-corrected chi connectivity index (χ1v) is 13.4. The van der Waals surface area contributed by atoms with Crippen molar-refractivity contribution in [3.63, 3.8) is 0 Å². The first-order chi connectivity index (χ1) is 15.8. The molecule has 6 aromatic carbocycles. The van der Waals surface area contributed by atoms with Gasteiger partial charge in [-0.3, -0.25) is 0 Å². The standard InChI is InChI=1S/C30H24OSi/c31-20-21-32(25-10-3-1-4-11-25,26-12-5-2-6-13-26)28-19-17-24-15-14-22-8-7-9-23-16-18-27(28)30(24)29(22)23/h1-19,31H,20-21H2. The predicted molar refractivity (Wildman–Crippen MR) is 140 cm³/mol. The molecule has 0 spiro atoms. The van der Waals surface area contributed by atoms with Gasteiger partial charge in [-0.2, -0.15) is 0 Å². The van der Waals surface area contributed by atoms with E-state index in [0.717, 1.165) is 6.04 Å². The zero-order valence-corrected chi connectivity index (χ0v) is 18.8. The van der Waals surface area contributed by atoms with Gasteiger partial charge in [-0.25, -0.2) is 0 Å². The molecule has 0 aliphatic carbocycles. The second kappa shape index (κ2) is 7.59. The monoisotopic (exact) mass is 428 g/mol. The molecular weight excluding hydrogens is 404 g/mol. The number of rotatable bonds is 5. The molecule has 0 aromatic heterocycles. The Labute approximate surface area is 188 Å². The van der Waals surface area contributed by atoms with Crippen molar-refractivity contribution in [1.82, 2.24) is 0 Å². The van der Waals surface area contributed by atoms with E-state index in [-0.39, 0.29) is 6.61 Å². The molecule has 0 bridgehead atoms. The molecule has 0 unspecified atom stereocenters. The molecule has 2 heteroatoms. The molecule has 0 amide bonds. The Bertz CT molecular complexity index is 1470. The third-order valence-corrected chi connectivity index (χ3v) is 12.0. The van der Waals surface area contributed by atoms with Crippen molar-refractivity contribution >= 4 is 56.0 Å². The van der Waals surface area contributed by atoms with E-state index in [2.05, 4.69) is 115 Å². The molecule has 0 fully saturated rings. The van der Waals surface area contributed by atoms with Gasteiger partial charge in [0.2, 0.25) is 0 Å². The Hall–Kier alpha value is -3.46. The highest BCUT2D eigenvalue weighted by Gasteiger charge is 2.40. The average Bonchev–Trinajstić information content (AvgIpc) is 2.87. The van der Waals surface area contributed by atoms with Gasteiger partial charge in [-0.05, 0) is 53.9 Å². The van der Waals surface area contributed by atoms with Crippen LogP contribution in [-0.4, -0.2) is 19.8 Å². The maximum Gasteiger partial charge on any atom is 0.151 e. The van der Waals surface area contributed by atoms with Crippen molar-refractivity contribution in [1.29, 1.82) is 0 Å². The second-order valence-electron chi connectivity index (χ2n) is 8.58. The molecule has 0 radical (unpaired) electrons. The Kier molecular flexibility index (Phi) is 4.56. The largest absolute Gasteiger partial charge is 0.397 e. The lowest BCUT2D eigenvalue weighted by atomic mass is 9.94. The Morgan fingerprint density at radius 1 is 0.500 bits per heavy atom. The smallest absolute Gasteiger partial charge is 0.151 e. The van der Waals surface area contributed by atoms with Crippen LogP contribution >= 0.6 is 0 Å². The van der Waals surface area contributed by atoms with Crippen molar-refractivity contribution in [2.75, 3.05) is 6.61 Å². The second-order valence-corrected chi connectivity index (χ2v) is 12.6. The molecule has 0 atom stereocenters. The third-order valence-electron chi connectivity index (χ3n) is 7.01. The first kappa shape index (κ1) is 19.2. The zero-order chi connectivity index (χ0) is 21.5. The van der Waals surface area contributed by atoms with Gasteiger partial charge in [0.1, 0.15) is 0 Å². The van der Waals surface area contributed by atoms with Gasteiger partial charge < -0.3 is 5.11 Å². The number of aliphatic hydroxyl groups excluding tert-OH is 1. The zero-order valence-electron chi connectivity index (χ0n) is 17.8. The van der Waals surface area contributed by atoms with Crippen LogP contribution in [0.1, 0.15) is 0 Å². The molecule has 6 aromatic rings. The van der Waals surface area contributed by atoms with Gasteiger partial charge in [0.25, 0.3) is 0 Å². The van der Waals surface area contributed by atoms with Gasteiger partial charge in [-0.1, -0.05) is 115 Å². The average molecular weight is 429 g/mol. The lowest BCUT2D eigenvalue weighted by Crippen LogP contribution is -2.67. The summed E-state index contributed by atoms with van der Waals surface area (Å²) in [6.07, 6.45) is 0. The van der Waals surface area contributed by atoms with Gasteiger partial charge in [-0.15, -0.1) is 0 Å². The van der Waals surface area contributed by atoms with E-state index in [9.17, 15) is 5.11 Å². The molecule has 0 aliphatic rings. The number of aliphatic hydroxyl groups is 1. The van der Waals surface area contributed by atoms with E-state index >= 15 is 0 Å². The topological polar surface area (TPSA) is 20.2 Å². The van der Waals surface area contributed by atoms with Crippen LogP contribution in [0.3, 0.4) is 0 Å².